The normalized spacial score (nSPS) is 16.9. The number of hydrogen-bond acceptors (Lipinski definition) is 2. The van der Waals surface area contributed by atoms with Crippen molar-refractivity contribution in [3.63, 3.8) is 0 Å². The molecule has 3 aromatic carbocycles. The number of aromatic nitrogens is 1. The van der Waals surface area contributed by atoms with Crippen LogP contribution < -0.4 is 5.32 Å². The van der Waals surface area contributed by atoms with Crippen LogP contribution in [0.15, 0.2) is 72.9 Å². The summed E-state index contributed by atoms with van der Waals surface area (Å²) in [5, 5.41) is 2.93. The van der Waals surface area contributed by atoms with Gasteiger partial charge < -0.3 is 5.32 Å². The lowest BCUT2D eigenvalue weighted by Gasteiger charge is -2.23. The Morgan fingerprint density at radius 3 is 2.38 bits per heavy atom. The van der Waals surface area contributed by atoms with Crippen LogP contribution in [-0.2, 0) is 16.6 Å². The number of anilines is 1. The van der Waals surface area contributed by atoms with E-state index >= 15 is 0 Å². The van der Waals surface area contributed by atoms with Gasteiger partial charge in [-0.15, -0.1) is 0 Å². The van der Waals surface area contributed by atoms with Crippen molar-refractivity contribution in [2.75, 3.05) is 5.32 Å². The summed E-state index contributed by atoms with van der Waals surface area (Å²) < 4.78 is 41.5. The fourth-order valence-corrected chi connectivity index (χ4v) is 4.63. The van der Waals surface area contributed by atoms with E-state index in [1.54, 1.807) is 25.3 Å². The number of amides is 1. The van der Waals surface area contributed by atoms with Gasteiger partial charge in [0.25, 0.3) is 0 Å². The minimum atomic E-state index is -1.11. The first kappa shape index (κ1) is 22.2. The molecule has 1 atom stereocenters. The van der Waals surface area contributed by atoms with Gasteiger partial charge in [0.15, 0.2) is 0 Å². The number of fused-ring (bicyclic) bond motifs is 1. The zero-order valence-electron chi connectivity index (χ0n) is 18.0. The Kier molecular flexibility index (Phi) is 5.41. The molecule has 4 aromatic rings. The van der Waals surface area contributed by atoms with Gasteiger partial charge in [-0.25, -0.2) is 13.2 Å². The highest BCUT2D eigenvalue weighted by atomic mass is 35.5. The first-order valence-electron chi connectivity index (χ1n) is 10.6. The Hall–Kier alpha value is -3.64. The fourth-order valence-electron chi connectivity index (χ4n) is 4.45. The quantitative estimate of drug-likeness (QED) is 0.345. The lowest BCUT2D eigenvalue weighted by atomic mass is 9.77. The zero-order chi connectivity index (χ0) is 24.0. The second-order valence-electron chi connectivity index (χ2n) is 8.53. The van der Waals surface area contributed by atoms with Crippen LogP contribution in [0.25, 0.3) is 22.4 Å². The molecule has 1 aromatic heterocycles. The van der Waals surface area contributed by atoms with E-state index in [0.717, 1.165) is 6.07 Å². The van der Waals surface area contributed by atoms with Crippen molar-refractivity contribution in [2.24, 2.45) is 0 Å². The van der Waals surface area contributed by atoms with Gasteiger partial charge in [-0.3, -0.25) is 9.78 Å². The summed E-state index contributed by atoms with van der Waals surface area (Å²) in [6.07, 6.45) is 1.73. The minimum absolute atomic E-state index is 0.0235. The topological polar surface area (TPSA) is 42.0 Å². The van der Waals surface area contributed by atoms with Crippen molar-refractivity contribution in [1.82, 2.24) is 4.98 Å². The molecule has 0 radical (unpaired) electrons. The van der Waals surface area contributed by atoms with Crippen LogP contribution in [0, 0.1) is 17.5 Å². The summed E-state index contributed by atoms with van der Waals surface area (Å²) in [5.74, 6) is -2.24. The predicted octanol–water partition coefficient (Wildman–Crippen LogP) is 6.94. The SMILES string of the molecule is CC1(Cc2cc(F)cc(F)c2)C(=O)Nc2c(-c3ccccn3)cc(-c3ccc(F)c(Cl)c3)cc21. The Bertz CT molecular complexity index is 1420. The molecule has 0 bridgehead atoms. The molecule has 1 aliphatic heterocycles. The average molecular weight is 479 g/mol. The third kappa shape index (κ3) is 3.84. The molecular weight excluding hydrogens is 461 g/mol. The van der Waals surface area contributed by atoms with E-state index in [0.29, 0.717) is 39.2 Å². The summed E-state index contributed by atoms with van der Waals surface area (Å²) in [6.45, 7) is 1.74. The van der Waals surface area contributed by atoms with Gasteiger partial charge in [0.1, 0.15) is 17.5 Å². The molecule has 2 heterocycles. The lowest BCUT2D eigenvalue weighted by Crippen LogP contribution is -2.33. The maximum atomic E-state index is 13.9. The molecule has 1 aliphatic rings. The number of rotatable bonds is 4. The zero-order valence-corrected chi connectivity index (χ0v) is 18.8. The molecular formula is C27H18ClF3N2O. The average Bonchev–Trinajstić information content (AvgIpc) is 3.04. The molecule has 170 valence electrons. The highest BCUT2D eigenvalue weighted by Gasteiger charge is 2.44. The Labute approximate surface area is 199 Å². The second-order valence-corrected chi connectivity index (χ2v) is 8.94. The number of carbonyl (C=O) groups is 1. The van der Waals surface area contributed by atoms with E-state index in [1.807, 2.05) is 24.3 Å². The highest BCUT2D eigenvalue weighted by molar-refractivity contribution is 6.31. The molecule has 0 saturated carbocycles. The number of nitrogens with one attached hydrogen (secondary N) is 1. The minimum Gasteiger partial charge on any atom is -0.324 e. The molecule has 0 spiro atoms. The molecule has 7 heteroatoms. The van der Waals surface area contributed by atoms with Gasteiger partial charge in [-0.05, 0) is 84.1 Å². The van der Waals surface area contributed by atoms with Crippen LogP contribution in [0.5, 0.6) is 0 Å². The number of halogens is 4. The molecule has 5 rings (SSSR count). The monoisotopic (exact) mass is 478 g/mol. The summed E-state index contributed by atoms with van der Waals surface area (Å²) in [5.41, 5.74) is 3.16. The number of carbonyl (C=O) groups excluding carboxylic acids is 1. The van der Waals surface area contributed by atoms with Crippen LogP contribution in [0.2, 0.25) is 5.02 Å². The summed E-state index contributed by atoms with van der Waals surface area (Å²) >= 11 is 6.03. The maximum absolute atomic E-state index is 13.9. The third-order valence-electron chi connectivity index (χ3n) is 6.15. The van der Waals surface area contributed by atoms with Crippen LogP contribution >= 0.6 is 11.6 Å². The second kappa shape index (κ2) is 8.29. The van der Waals surface area contributed by atoms with Crippen LogP contribution in [0.1, 0.15) is 18.1 Å². The largest absolute Gasteiger partial charge is 0.324 e. The summed E-state index contributed by atoms with van der Waals surface area (Å²) in [7, 11) is 0. The molecule has 1 amide bonds. The third-order valence-corrected chi connectivity index (χ3v) is 6.44. The van der Waals surface area contributed by atoms with Crippen molar-refractivity contribution in [3.05, 3.63) is 107 Å². The van der Waals surface area contributed by atoms with Crippen molar-refractivity contribution >= 4 is 23.2 Å². The number of nitrogens with zero attached hydrogens (tertiary/aromatic N) is 1. The smallest absolute Gasteiger partial charge is 0.235 e. The van der Waals surface area contributed by atoms with Gasteiger partial charge in [0.2, 0.25) is 5.91 Å². The van der Waals surface area contributed by atoms with Crippen molar-refractivity contribution in [3.8, 4) is 22.4 Å². The lowest BCUT2D eigenvalue weighted by molar-refractivity contribution is -0.120. The highest BCUT2D eigenvalue weighted by Crippen LogP contribution is 2.47. The number of pyridine rings is 1. The number of benzene rings is 3. The Balaban J connectivity index is 1.72. The fraction of sp³-hybridized carbons (Fsp3) is 0.111. The van der Waals surface area contributed by atoms with Gasteiger partial charge >= 0.3 is 0 Å². The van der Waals surface area contributed by atoms with Gasteiger partial charge in [0.05, 0.1) is 21.8 Å². The number of hydrogen-bond donors (Lipinski definition) is 1. The predicted molar refractivity (Wildman–Crippen MR) is 126 cm³/mol. The van der Waals surface area contributed by atoms with E-state index in [9.17, 15) is 18.0 Å². The summed E-state index contributed by atoms with van der Waals surface area (Å²) in [4.78, 5) is 17.7. The van der Waals surface area contributed by atoms with Crippen LogP contribution in [0.4, 0.5) is 18.9 Å². The van der Waals surface area contributed by atoms with E-state index in [1.165, 1.54) is 24.3 Å². The van der Waals surface area contributed by atoms with E-state index in [2.05, 4.69) is 10.3 Å². The standard InChI is InChI=1S/C27H18ClF3N2O/c1-27(14-15-8-18(29)13-19(30)9-15)21-11-17(16-5-6-23(31)22(28)12-16)10-20(25(21)33-26(27)34)24-4-2-3-7-32-24/h2-13H,14H2,1H3,(H,33,34). The van der Waals surface area contributed by atoms with Crippen molar-refractivity contribution < 1.29 is 18.0 Å². The molecule has 0 saturated heterocycles. The van der Waals surface area contributed by atoms with Crippen LogP contribution in [-0.4, -0.2) is 10.9 Å². The summed E-state index contributed by atoms with van der Waals surface area (Å²) in [6, 6.07) is 16.8. The molecule has 3 nitrogen and oxygen atoms in total. The van der Waals surface area contributed by atoms with Gasteiger partial charge in [-0.2, -0.15) is 0 Å². The Morgan fingerprint density at radius 2 is 1.71 bits per heavy atom. The maximum Gasteiger partial charge on any atom is 0.235 e. The van der Waals surface area contributed by atoms with Crippen LogP contribution in [0.3, 0.4) is 0 Å². The molecule has 1 unspecified atom stereocenters. The van der Waals surface area contributed by atoms with Gasteiger partial charge in [0, 0.05) is 17.8 Å². The van der Waals surface area contributed by atoms with E-state index < -0.39 is 22.9 Å². The molecule has 0 aliphatic carbocycles. The van der Waals surface area contributed by atoms with E-state index in [-0.39, 0.29) is 17.4 Å². The molecule has 1 N–H and O–H groups in total. The van der Waals surface area contributed by atoms with Crippen molar-refractivity contribution in [2.45, 2.75) is 18.8 Å². The first-order valence-corrected chi connectivity index (χ1v) is 10.9. The molecule has 34 heavy (non-hydrogen) atoms. The first-order chi connectivity index (χ1) is 16.2. The van der Waals surface area contributed by atoms with Gasteiger partial charge in [-0.1, -0.05) is 23.7 Å². The Morgan fingerprint density at radius 1 is 0.941 bits per heavy atom. The van der Waals surface area contributed by atoms with E-state index in [4.69, 9.17) is 11.6 Å². The molecule has 0 fully saturated rings. The van der Waals surface area contributed by atoms with Crippen molar-refractivity contribution in [1.29, 1.82) is 0 Å².